The minimum Gasteiger partial charge on any atom is -0.368 e. The van der Waals surface area contributed by atoms with Crippen molar-refractivity contribution in [3.05, 3.63) is 18.6 Å². The van der Waals surface area contributed by atoms with Gasteiger partial charge in [-0.1, -0.05) is 0 Å². The zero-order valence-corrected chi connectivity index (χ0v) is 7.76. The van der Waals surface area contributed by atoms with Crippen molar-refractivity contribution in [3.8, 4) is 0 Å². The Morgan fingerprint density at radius 1 is 1.57 bits per heavy atom. The van der Waals surface area contributed by atoms with E-state index in [9.17, 15) is 4.79 Å². The summed E-state index contributed by atoms with van der Waals surface area (Å²) in [6, 6.07) is -0.216. The molecule has 2 rings (SSSR count). The number of carbonyl (C=O) groups is 1. The van der Waals surface area contributed by atoms with Crippen molar-refractivity contribution < 1.29 is 4.79 Å². The zero-order valence-electron chi connectivity index (χ0n) is 7.76. The van der Waals surface area contributed by atoms with E-state index >= 15 is 0 Å². The van der Waals surface area contributed by atoms with Crippen molar-refractivity contribution in [1.29, 1.82) is 0 Å². The lowest BCUT2D eigenvalue weighted by Gasteiger charge is -2.22. The zero-order chi connectivity index (χ0) is 9.97. The second-order valence-corrected chi connectivity index (χ2v) is 3.32. The van der Waals surface area contributed by atoms with E-state index < -0.39 is 0 Å². The first-order valence-corrected chi connectivity index (χ1v) is 4.61. The van der Waals surface area contributed by atoms with Crippen LogP contribution in [-0.4, -0.2) is 28.5 Å². The summed E-state index contributed by atoms with van der Waals surface area (Å²) in [6.07, 6.45) is 6.67. The quantitative estimate of drug-likeness (QED) is 0.712. The van der Waals surface area contributed by atoms with Gasteiger partial charge in [-0.2, -0.15) is 0 Å². The van der Waals surface area contributed by atoms with Crippen LogP contribution in [0.3, 0.4) is 0 Å². The number of rotatable bonds is 2. The minimum absolute atomic E-state index is 0.216. The van der Waals surface area contributed by atoms with Gasteiger partial charge in [0.1, 0.15) is 11.9 Å². The van der Waals surface area contributed by atoms with Crippen LogP contribution in [0.4, 0.5) is 5.82 Å². The summed E-state index contributed by atoms with van der Waals surface area (Å²) < 4.78 is 0. The molecule has 1 amide bonds. The van der Waals surface area contributed by atoms with Crippen LogP contribution in [-0.2, 0) is 4.79 Å². The van der Waals surface area contributed by atoms with Crippen LogP contribution in [0.25, 0.3) is 0 Å². The molecular formula is C9H12N4O. The van der Waals surface area contributed by atoms with E-state index in [1.54, 1.807) is 18.6 Å². The van der Waals surface area contributed by atoms with E-state index in [1.807, 2.05) is 4.90 Å². The van der Waals surface area contributed by atoms with E-state index in [1.165, 1.54) is 0 Å². The average molecular weight is 192 g/mol. The number of aromatic nitrogens is 2. The fourth-order valence-corrected chi connectivity index (χ4v) is 1.78. The molecule has 0 saturated carbocycles. The molecule has 0 aromatic carbocycles. The molecular weight excluding hydrogens is 180 g/mol. The van der Waals surface area contributed by atoms with E-state index in [4.69, 9.17) is 5.73 Å². The fraction of sp³-hybridized carbons (Fsp3) is 0.444. The lowest BCUT2D eigenvalue weighted by Crippen LogP contribution is -2.40. The SMILES string of the molecule is NC(=O)C1CCCN1c1cnccn1. The first-order valence-electron chi connectivity index (χ1n) is 4.61. The predicted molar refractivity (Wildman–Crippen MR) is 51.6 cm³/mol. The normalized spacial score (nSPS) is 21.1. The van der Waals surface area contributed by atoms with Gasteiger partial charge in [0, 0.05) is 18.9 Å². The molecule has 14 heavy (non-hydrogen) atoms. The van der Waals surface area contributed by atoms with Crippen LogP contribution < -0.4 is 10.6 Å². The Bertz CT molecular complexity index is 327. The molecule has 2 heterocycles. The molecule has 5 nitrogen and oxygen atoms in total. The number of hydrogen-bond donors (Lipinski definition) is 1. The lowest BCUT2D eigenvalue weighted by molar-refractivity contribution is -0.119. The number of nitrogens with zero attached hydrogens (tertiary/aromatic N) is 3. The molecule has 0 bridgehead atoms. The van der Waals surface area contributed by atoms with Crippen molar-refractivity contribution in [3.63, 3.8) is 0 Å². The first kappa shape index (κ1) is 8.93. The summed E-state index contributed by atoms with van der Waals surface area (Å²) in [5.74, 6) is 0.446. The van der Waals surface area contributed by atoms with Gasteiger partial charge in [-0.15, -0.1) is 0 Å². The highest BCUT2D eigenvalue weighted by molar-refractivity contribution is 5.83. The maximum absolute atomic E-state index is 11.1. The van der Waals surface area contributed by atoms with Gasteiger partial charge in [-0.25, -0.2) is 4.98 Å². The van der Waals surface area contributed by atoms with Crippen molar-refractivity contribution in [2.24, 2.45) is 5.73 Å². The molecule has 1 saturated heterocycles. The lowest BCUT2D eigenvalue weighted by atomic mass is 10.2. The third-order valence-corrected chi connectivity index (χ3v) is 2.43. The standard InChI is InChI=1S/C9H12N4O/c10-9(14)7-2-1-5-13(7)8-6-11-3-4-12-8/h3-4,6-7H,1-2,5H2,(H2,10,14). The fourth-order valence-electron chi connectivity index (χ4n) is 1.78. The highest BCUT2D eigenvalue weighted by atomic mass is 16.1. The summed E-state index contributed by atoms with van der Waals surface area (Å²) in [6.45, 7) is 0.826. The third kappa shape index (κ3) is 1.53. The monoisotopic (exact) mass is 192 g/mol. The molecule has 1 aliphatic rings. The summed E-state index contributed by atoms with van der Waals surface area (Å²) in [5.41, 5.74) is 5.30. The van der Waals surface area contributed by atoms with Crippen LogP contribution >= 0.6 is 0 Å². The van der Waals surface area contributed by atoms with Gasteiger partial charge >= 0.3 is 0 Å². The molecule has 1 atom stereocenters. The van der Waals surface area contributed by atoms with Gasteiger partial charge < -0.3 is 10.6 Å². The van der Waals surface area contributed by atoms with Crippen LogP contribution in [0, 0.1) is 0 Å². The van der Waals surface area contributed by atoms with E-state index in [0.717, 1.165) is 25.2 Å². The summed E-state index contributed by atoms with van der Waals surface area (Å²) in [5, 5.41) is 0. The molecule has 0 spiro atoms. The second kappa shape index (κ2) is 3.61. The second-order valence-electron chi connectivity index (χ2n) is 3.32. The Balaban J connectivity index is 2.22. The van der Waals surface area contributed by atoms with Crippen molar-refractivity contribution in [2.45, 2.75) is 18.9 Å². The Kier molecular flexibility index (Phi) is 2.30. The summed E-state index contributed by atoms with van der Waals surface area (Å²) in [7, 11) is 0. The topological polar surface area (TPSA) is 72.1 Å². The predicted octanol–water partition coefficient (Wildman–Crippen LogP) is -0.0693. The average Bonchev–Trinajstić information content (AvgIpc) is 2.67. The van der Waals surface area contributed by atoms with Crippen molar-refractivity contribution in [1.82, 2.24) is 9.97 Å². The number of anilines is 1. The van der Waals surface area contributed by atoms with Crippen molar-refractivity contribution in [2.75, 3.05) is 11.4 Å². The van der Waals surface area contributed by atoms with Crippen LogP contribution in [0.2, 0.25) is 0 Å². The highest BCUT2D eigenvalue weighted by Gasteiger charge is 2.29. The van der Waals surface area contributed by atoms with Gasteiger partial charge in [0.2, 0.25) is 5.91 Å². The van der Waals surface area contributed by atoms with Crippen LogP contribution in [0.5, 0.6) is 0 Å². The smallest absolute Gasteiger partial charge is 0.240 e. The number of primary amides is 1. The molecule has 1 aliphatic heterocycles. The maximum Gasteiger partial charge on any atom is 0.240 e. The summed E-state index contributed by atoms with van der Waals surface area (Å²) in [4.78, 5) is 21.1. The van der Waals surface area contributed by atoms with Gasteiger partial charge in [0.15, 0.2) is 0 Å². The van der Waals surface area contributed by atoms with Gasteiger partial charge in [0.25, 0.3) is 0 Å². The number of amides is 1. The van der Waals surface area contributed by atoms with Crippen LogP contribution in [0.1, 0.15) is 12.8 Å². The van der Waals surface area contributed by atoms with E-state index in [2.05, 4.69) is 9.97 Å². The molecule has 1 unspecified atom stereocenters. The maximum atomic E-state index is 11.1. The van der Waals surface area contributed by atoms with Gasteiger partial charge in [-0.3, -0.25) is 9.78 Å². The molecule has 74 valence electrons. The molecule has 1 aromatic rings. The number of carbonyl (C=O) groups excluding carboxylic acids is 1. The highest BCUT2D eigenvalue weighted by Crippen LogP contribution is 2.22. The number of hydrogen-bond acceptors (Lipinski definition) is 4. The van der Waals surface area contributed by atoms with Crippen molar-refractivity contribution >= 4 is 11.7 Å². The molecule has 0 aliphatic carbocycles. The third-order valence-electron chi connectivity index (χ3n) is 2.43. The van der Waals surface area contributed by atoms with Gasteiger partial charge in [-0.05, 0) is 12.8 Å². The largest absolute Gasteiger partial charge is 0.368 e. The Labute approximate surface area is 82.0 Å². The number of nitrogens with two attached hydrogens (primary N) is 1. The first-order chi connectivity index (χ1) is 6.79. The van der Waals surface area contributed by atoms with E-state index in [0.29, 0.717) is 0 Å². The Hall–Kier alpha value is -1.65. The summed E-state index contributed by atoms with van der Waals surface area (Å²) >= 11 is 0. The molecule has 5 heteroatoms. The molecule has 1 fully saturated rings. The van der Waals surface area contributed by atoms with Crippen LogP contribution in [0.15, 0.2) is 18.6 Å². The molecule has 2 N–H and O–H groups in total. The molecule has 0 radical (unpaired) electrons. The van der Waals surface area contributed by atoms with E-state index in [-0.39, 0.29) is 11.9 Å². The Morgan fingerprint density at radius 3 is 3.07 bits per heavy atom. The Morgan fingerprint density at radius 2 is 2.43 bits per heavy atom. The van der Waals surface area contributed by atoms with Gasteiger partial charge in [0.05, 0.1) is 6.20 Å². The minimum atomic E-state index is -0.284. The molecule has 1 aromatic heterocycles.